The van der Waals surface area contributed by atoms with Crippen molar-refractivity contribution >= 4 is 17.5 Å². The van der Waals surface area contributed by atoms with E-state index in [1.54, 1.807) is 0 Å². The first-order valence-electron chi connectivity index (χ1n) is 4.48. The van der Waals surface area contributed by atoms with E-state index in [0.29, 0.717) is 5.78 Å². The maximum atomic E-state index is 11.2. The molecule has 1 unspecified atom stereocenters. The van der Waals surface area contributed by atoms with Gasteiger partial charge in [-0.15, -0.1) is 0 Å². The van der Waals surface area contributed by atoms with Crippen molar-refractivity contribution in [2.24, 2.45) is 5.92 Å². The number of nitrogens with zero attached hydrogens (tertiary/aromatic N) is 1. The summed E-state index contributed by atoms with van der Waals surface area (Å²) in [7, 11) is 0. The zero-order chi connectivity index (χ0) is 8.97. The summed E-state index contributed by atoms with van der Waals surface area (Å²) in [5, 5.41) is 0. The molecule has 0 aromatic carbocycles. The molecule has 0 amide bonds. The highest BCUT2D eigenvalue weighted by Gasteiger charge is 2.22. The normalized spacial score (nSPS) is 26.2. The van der Waals surface area contributed by atoms with E-state index in [0.717, 1.165) is 26.1 Å². The second-order valence-electron chi connectivity index (χ2n) is 3.41. The third-order valence-electron chi connectivity index (χ3n) is 2.37. The predicted molar refractivity (Wildman–Crippen MR) is 53.6 cm³/mol. The molecule has 70 valence electrons. The lowest BCUT2D eigenvalue weighted by molar-refractivity contribution is -0.125. The van der Waals surface area contributed by atoms with Crippen LogP contribution in [0, 0.1) is 5.92 Å². The fraction of sp³-hybridized carbons (Fsp3) is 0.889. The van der Waals surface area contributed by atoms with E-state index in [4.69, 9.17) is 0 Å². The third-order valence-corrected chi connectivity index (χ3v) is 2.96. The van der Waals surface area contributed by atoms with Gasteiger partial charge >= 0.3 is 0 Å². The summed E-state index contributed by atoms with van der Waals surface area (Å²) in [6, 6.07) is 0. The minimum atomic E-state index is 0.264. The van der Waals surface area contributed by atoms with Crippen molar-refractivity contribution in [3.63, 3.8) is 0 Å². The molecule has 0 aliphatic carbocycles. The molecule has 12 heavy (non-hydrogen) atoms. The number of piperidine rings is 1. The van der Waals surface area contributed by atoms with Crippen LogP contribution in [0.25, 0.3) is 0 Å². The van der Waals surface area contributed by atoms with Gasteiger partial charge in [0, 0.05) is 37.7 Å². The highest BCUT2D eigenvalue weighted by atomic mass is 32.2. The minimum Gasteiger partial charge on any atom is -0.301 e. The lowest BCUT2D eigenvalue weighted by Crippen LogP contribution is -2.40. The lowest BCUT2D eigenvalue weighted by atomic mass is 9.99. The Bertz CT molecular complexity index is 161. The Morgan fingerprint density at radius 2 is 2.42 bits per heavy atom. The van der Waals surface area contributed by atoms with E-state index in [1.807, 2.05) is 18.7 Å². The SMILES string of the molecule is CSCCN1CCC(=O)C(C)C1. The van der Waals surface area contributed by atoms with E-state index in [-0.39, 0.29) is 5.92 Å². The summed E-state index contributed by atoms with van der Waals surface area (Å²) in [4.78, 5) is 13.6. The molecule has 0 saturated carbocycles. The van der Waals surface area contributed by atoms with Crippen LogP contribution in [0.15, 0.2) is 0 Å². The van der Waals surface area contributed by atoms with Crippen molar-refractivity contribution in [3.05, 3.63) is 0 Å². The smallest absolute Gasteiger partial charge is 0.138 e. The highest BCUT2D eigenvalue weighted by molar-refractivity contribution is 7.98. The van der Waals surface area contributed by atoms with Crippen LogP contribution >= 0.6 is 11.8 Å². The molecule has 0 aromatic heterocycles. The first-order chi connectivity index (χ1) is 5.74. The first-order valence-corrected chi connectivity index (χ1v) is 5.87. The van der Waals surface area contributed by atoms with Gasteiger partial charge in [0.05, 0.1) is 0 Å². The molecule has 1 fully saturated rings. The van der Waals surface area contributed by atoms with Crippen LogP contribution in [0.1, 0.15) is 13.3 Å². The van der Waals surface area contributed by atoms with Crippen LogP contribution in [0.2, 0.25) is 0 Å². The maximum absolute atomic E-state index is 11.2. The van der Waals surface area contributed by atoms with E-state index in [1.165, 1.54) is 5.75 Å². The molecule has 0 N–H and O–H groups in total. The van der Waals surface area contributed by atoms with Gasteiger partial charge in [0.25, 0.3) is 0 Å². The summed E-state index contributed by atoms with van der Waals surface area (Å²) in [5.41, 5.74) is 0. The topological polar surface area (TPSA) is 20.3 Å². The number of hydrogen-bond acceptors (Lipinski definition) is 3. The summed E-state index contributed by atoms with van der Waals surface area (Å²) in [6.45, 7) is 5.12. The number of hydrogen-bond donors (Lipinski definition) is 0. The number of Topliss-reactive ketones (excluding diaryl/α,β-unsaturated/α-hetero) is 1. The molecule has 0 spiro atoms. The minimum absolute atomic E-state index is 0.264. The molecule has 1 rings (SSSR count). The first kappa shape index (κ1) is 10.1. The van der Waals surface area contributed by atoms with Crippen LogP contribution < -0.4 is 0 Å². The van der Waals surface area contributed by atoms with Crippen molar-refractivity contribution < 1.29 is 4.79 Å². The van der Waals surface area contributed by atoms with E-state index < -0.39 is 0 Å². The molecule has 3 heteroatoms. The average Bonchev–Trinajstić information content (AvgIpc) is 2.07. The molecule has 1 heterocycles. The molecule has 1 saturated heterocycles. The van der Waals surface area contributed by atoms with Gasteiger partial charge in [-0.2, -0.15) is 11.8 Å². The van der Waals surface area contributed by atoms with Crippen molar-refractivity contribution in [2.45, 2.75) is 13.3 Å². The Morgan fingerprint density at radius 3 is 3.00 bits per heavy atom. The van der Waals surface area contributed by atoms with Gasteiger partial charge in [-0.05, 0) is 6.26 Å². The van der Waals surface area contributed by atoms with Gasteiger partial charge in [-0.1, -0.05) is 6.92 Å². The number of likely N-dealkylation sites (tertiary alicyclic amines) is 1. The van der Waals surface area contributed by atoms with Gasteiger partial charge in [0.2, 0.25) is 0 Å². The zero-order valence-electron chi connectivity index (χ0n) is 7.88. The number of carbonyl (C=O) groups excluding carboxylic acids is 1. The number of ketones is 1. The second kappa shape index (κ2) is 4.87. The van der Waals surface area contributed by atoms with Crippen LogP contribution in [0.3, 0.4) is 0 Å². The average molecular weight is 187 g/mol. The van der Waals surface area contributed by atoms with Crippen molar-refractivity contribution in [2.75, 3.05) is 31.6 Å². The standard InChI is InChI=1S/C9H17NOS/c1-8-7-10(5-6-12-2)4-3-9(8)11/h8H,3-7H2,1-2H3. The Balaban J connectivity index is 2.25. The summed E-state index contributed by atoms with van der Waals surface area (Å²) in [6.07, 6.45) is 2.88. The Morgan fingerprint density at radius 1 is 1.67 bits per heavy atom. The predicted octanol–water partition coefficient (Wildman–Crippen LogP) is 1.26. The molecular weight excluding hydrogens is 170 g/mol. The summed E-state index contributed by atoms with van der Waals surface area (Å²) in [5.74, 6) is 1.89. The fourth-order valence-corrected chi connectivity index (χ4v) is 1.96. The highest BCUT2D eigenvalue weighted by Crippen LogP contribution is 2.12. The largest absolute Gasteiger partial charge is 0.301 e. The molecule has 1 aliphatic heterocycles. The molecule has 0 aromatic rings. The molecular formula is C9H17NOS. The third kappa shape index (κ3) is 2.79. The Labute approximate surface area is 78.7 Å². The van der Waals surface area contributed by atoms with Crippen molar-refractivity contribution in [1.29, 1.82) is 0 Å². The maximum Gasteiger partial charge on any atom is 0.138 e. The van der Waals surface area contributed by atoms with Crippen LogP contribution in [-0.4, -0.2) is 42.3 Å². The van der Waals surface area contributed by atoms with E-state index in [9.17, 15) is 4.79 Å². The monoisotopic (exact) mass is 187 g/mol. The van der Waals surface area contributed by atoms with E-state index in [2.05, 4.69) is 11.2 Å². The summed E-state index contributed by atoms with van der Waals surface area (Å²) >= 11 is 1.87. The van der Waals surface area contributed by atoms with Gasteiger partial charge < -0.3 is 4.90 Å². The van der Waals surface area contributed by atoms with E-state index >= 15 is 0 Å². The van der Waals surface area contributed by atoms with Gasteiger partial charge in [-0.25, -0.2) is 0 Å². The zero-order valence-corrected chi connectivity index (χ0v) is 8.69. The van der Waals surface area contributed by atoms with Crippen LogP contribution in [0.5, 0.6) is 0 Å². The molecule has 0 radical (unpaired) electrons. The van der Waals surface area contributed by atoms with Gasteiger partial charge in [0.15, 0.2) is 0 Å². The lowest BCUT2D eigenvalue weighted by Gasteiger charge is -2.29. The van der Waals surface area contributed by atoms with Crippen molar-refractivity contribution in [3.8, 4) is 0 Å². The molecule has 2 nitrogen and oxygen atoms in total. The molecule has 1 aliphatic rings. The summed E-state index contributed by atoms with van der Waals surface area (Å²) < 4.78 is 0. The second-order valence-corrected chi connectivity index (χ2v) is 4.40. The number of thioether (sulfide) groups is 1. The van der Waals surface area contributed by atoms with Gasteiger partial charge in [-0.3, -0.25) is 4.79 Å². The van der Waals surface area contributed by atoms with Crippen LogP contribution in [-0.2, 0) is 4.79 Å². The fourth-order valence-electron chi connectivity index (χ4n) is 1.52. The quantitative estimate of drug-likeness (QED) is 0.663. The number of rotatable bonds is 3. The van der Waals surface area contributed by atoms with Gasteiger partial charge in [0.1, 0.15) is 5.78 Å². The Kier molecular flexibility index (Phi) is 4.09. The Hall–Kier alpha value is -0.0200. The molecule has 1 atom stereocenters. The van der Waals surface area contributed by atoms with Crippen LogP contribution in [0.4, 0.5) is 0 Å². The number of carbonyl (C=O) groups is 1. The van der Waals surface area contributed by atoms with Crippen molar-refractivity contribution in [1.82, 2.24) is 4.90 Å². The molecule has 0 bridgehead atoms.